The SMILES string of the molecule is Cc1cc(C)cc(C(=O)N2CCN(Cc3nc(C4CC4)cs3)CC2)c1. The fourth-order valence-electron chi connectivity index (χ4n) is 3.55. The topological polar surface area (TPSA) is 36.4 Å². The van der Waals surface area contributed by atoms with Crippen LogP contribution in [0.5, 0.6) is 0 Å². The molecule has 4 rings (SSSR count). The zero-order chi connectivity index (χ0) is 17.4. The molecule has 132 valence electrons. The Bertz CT molecular complexity index is 753. The Kier molecular flexibility index (Phi) is 4.61. The first kappa shape index (κ1) is 16.7. The molecule has 0 N–H and O–H groups in total. The molecule has 1 aromatic carbocycles. The molecule has 2 aromatic rings. The highest BCUT2D eigenvalue weighted by atomic mass is 32.1. The molecule has 2 aliphatic rings. The fraction of sp³-hybridized carbons (Fsp3) is 0.500. The number of benzene rings is 1. The minimum absolute atomic E-state index is 0.164. The van der Waals surface area contributed by atoms with Crippen LogP contribution in [0.25, 0.3) is 0 Å². The van der Waals surface area contributed by atoms with Gasteiger partial charge in [-0.05, 0) is 38.8 Å². The second-order valence-corrected chi connectivity index (χ2v) is 8.33. The molecule has 1 amide bonds. The van der Waals surface area contributed by atoms with Gasteiger partial charge in [0.15, 0.2) is 0 Å². The minimum atomic E-state index is 0.164. The molecule has 1 saturated carbocycles. The number of hydrogen-bond acceptors (Lipinski definition) is 4. The lowest BCUT2D eigenvalue weighted by Gasteiger charge is -2.34. The van der Waals surface area contributed by atoms with Crippen LogP contribution in [0, 0.1) is 13.8 Å². The van der Waals surface area contributed by atoms with Gasteiger partial charge in [0.2, 0.25) is 0 Å². The van der Waals surface area contributed by atoms with Crippen molar-refractivity contribution in [3.05, 3.63) is 51.0 Å². The van der Waals surface area contributed by atoms with Gasteiger partial charge in [-0.2, -0.15) is 0 Å². The summed E-state index contributed by atoms with van der Waals surface area (Å²) in [6.45, 7) is 8.46. The molecule has 0 unspecified atom stereocenters. The lowest BCUT2D eigenvalue weighted by Crippen LogP contribution is -2.48. The summed E-state index contributed by atoms with van der Waals surface area (Å²) in [5, 5.41) is 3.45. The van der Waals surface area contributed by atoms with E-state index >= 15 is 0 Å². The highest BCUT2D eigenvalue weighted by Crippen LogP contribution is 2.40. The molecule has 1 aromatic heterocycles. The van der Waals surface area contributed by atoms with E-state index in [4.69, 9.17) is 4.98 Å². The van der Waals surface area contributed by atoms with E-state index in [-0.39, 0.29) is 5.91 Å². The van der Waals surface area contributed by atoms with Crippen molar-refractivity contribution in [2.45, 2.75) is 39.2 Å². The number of aromatic nitrogens is 1. The van der Waals surface area contributed by atoms with E-state index in [9.17, 15) is 4.79 Å². The normalized spacial score (nSPS) is 18.6. The van der Waals surface area contributed by atoms with Gasteiger partial charge in [0.05, 0.1) is 12.2 Å². The maximum Gasteiger partial charge on any atom is 0.253 e. The molecule has 25 heavy (non-hydrogen) atoms. The van der Waals surface area contributed by atoms with E-state index in [1.807, 2.05) is 30.9 Å². The molecule has 4 nitrogen and oxygen atoms in total. The Morgan fingerprint density at radius 2 is 1.80 bits per heavy atom. The largest absolute Gasteiger partial charge is 0.336 e. The summed E-state index contributed by atoms with van der Waals surface area (Å²) in [7, 11) is 0. The maximum atomic E-state index is 12.8. The average Bonchev–Trinajstić information content (AvgIpc) is 3.34. The van der Waals surface area contributed by atoms with Gasteiger partial charge in [0, 0.05) is 43.0 Å². The zero-order valence-electron chi connectivity index (χ0n) is 15.0. The Labute approximate surface area is 153 Å². The molecule has 1 aliphatic heterocycles. The van der Waals surface area contributed by atoms with Crippen molar-refractivity contribution in [1.82, 2.24) is 14.8 Å². The lowest BCUT2D eigenvalue weighted by molar-refractivity contribution is 0.0628. The maximum absolute atomic E-state index is 12.8. The van der Waals surface area contributed by atoms with E-state index in [2.05, 4.69) is 16.3 Å². The van der Waals surface area contributed by atoms with E-state index in [1.54, 1.807) is 11.3 Å². The van der Waals surface area contributed by atoms with Gasteiger partial charge in [-0.25, -0.2) is 4.98 Å². The summed E-state index contributed by atoms with van der Waals surface area (Å²) in [6, 6.07) is 6.10. The van der Waals surface area contributed by atoms with Crippen LogP contribution in [0.15, 0.2) is 23.6 Å². The summed E-state index contributed by atoms with van der Waals surface area (Å²) in [4.78, 5) is 21.9. The first-order valence-corrected chi connectivity index (χ1v) is 10.0. The van der Waals surface area contributed by atoms with Crippen LogP contribution < -0.4 is 0 Å². The van der Waals surface area contributed by atoms with Crippen LogP contribution in [-0.2, 0) is 6.54 Å². The number of hydrogen-bond donors (Lipinski definition) is 0. The molecule has 1 saturated heterocycles. The predicted octanol–water partition coefficient (Wildman–Crippen LogP) is 3.60. The van der Waals surface area contributed by atoms with Gasteiger partial charge in [-0.15, -0.1) is 11.3 Å². The summed E-state index contributed by atoms with van der Waals surface area (Å²) in [5.74, 6) is 0.897. The first-order valence-electron chi connectivity index (χ1n) is 9.13. The number of carbonyl (C=O) groups is 1. The van der Waals surface area contributed by atoms with Gasteiger partial charge in [-0.3, -0.25) is 9.69 Å². The van der Waals surface area contributed by atoms with Crippen molar-refractivity contribution in [3.8, 4) is 0 Å². The molecule has 0 atom stereocenters. The van der Waals surface area contributed by atoms with Crippen LogP contribution in [0.1, 0.15) is 50.9 Å². The number of carbonyl (C=O) groups excluding carboxylic acids is 1. The van der Waals surface area contributed by atoms with Crippen molar-refractivity contribution >= 4 is 17.2 Å². The summed E-state index contributed by atoms with van der Waals surface area (Å²) < 4.78 is 0. The van der Waals surface area contributed by atoms with E-state index in [0.29, 0.717) is 0 Å². The highest BCUT2D eigenvalue weighted by molar-refractivity contribution is 7.09. The predicted molar refractivity (Wildman–Crippen MR) is 101 cm³/mol. The van der Waals surface area contributed by atoms with Gasteiger partial charge < -0.3 is 4.90 Å². The Balaban J connectivity index is 1.33. The number of piperazine rings is 1. The number of nitrogens with zero attached hydrogens (tertiary/aromatic N) is 3. The summed E-state index contributed by atoms with van der Waals surface area (Å²) in [5.41, 5.74) is 4.41. The Morgan fingerprint density at radius 3 is 2.44 bits per heavy atom. The summed E-state index contributed by atoms with van der Waals surface area (Å²) >= 11 is 1.79. The third-order valence-corrected chi connectivity index (χ3v) is 5.90. The first-order chi connectivity index (χ1) is 12.1. The number of amides is 1. The molecule has 1 aliphatic carbocycles. The van der Waals surface area contributed by atoms with E-state index < -0.39 is 0 Å². The van der Waals surface area contributed by atoms with Crippen molar-refractivity contribution < 1.29 is 4.79 Å². The molecule has 0 spiro atoms. The Hall–Kier alpha value is -1.72. The van der Waals surface area contributed by atoms with Crippen molar-refractivity contribution in [2.75, 3.05) is 26.2 Å². The van der Waals surface area contributed by atoms with Crippen molar-refractivity contribution in [1.29, 1.82) is 0 Å². The molecule has 0 bridgehead atoms. The third-order valence-electron chi connectivity index (χ3n) is 5.05. The standard InChI is InChI=1S/C20H25N3OS/c1-14-9-15(2)11-17(10-14)20(24)23-7-5-22(6-8-23)12-19-21-18(13-25-19)16-3-4-16/h9-11,13,16H,3-8,12H2,1-2H3. The van der Waals surface area contributed by atoms with Crippen LogP contribution in [0.2, 0.25) is 0 Å². The smallest absolute Gasteiger partial charge is 0.253 e. The monoisotopic (exact) mass is 355 g/mol. The quantitative estimate of drug-likeness (QED) is 0.841. The van der Waals surface area contributed by atoms with Crippen LogP contribution in [0.3, 0.4) is 0 Å². The second kappa shape index (κ2) is 6.89. The van der Waals surface area contributed by atoms with Crippen LogP contribution in [0.4, 0.5) is 0 Å². The fourth-order valence-corrected chi connectivity index (χ4v) is 4.46. The van der Waals surface area contributed by atoms with Gasteiger partial charge in [-0.1, -0.05) is 17.2 Å². The van der Waals surface area contributed by atoms with Gasteiger partial charge in [0.25, 0.3) is 5.91 Å². The summed E-state index contributed by atoms with van der Waals surface area (Å²) in [6.07, 6.45) is 2.62. The van der Waals surface area contributed by atoms with Crippen LogP contribution in [-0.4, -0.2) is 46.9 Å². The average molecular weight is 356 g/mol. The molecule has 2 heterocycles. The zero-order valence-corrected chi connectivity index (χ0v) is 15.8. The number of rotatable bonds is 4. The molecule has 2 fully saturated rings. The van der Waals surface area contributed by atoms with Crippen molar-refractivity contribution in [3.63, 3.8) is 0 Å². The molecular formula is C20H25N3OS. The molecular weight excluding hydrogens is 330 g/mol. The van der Waals surface area contributed by atoms with E-state index in [0.717, 1.165) is 55.3 Å². The minimum Gasteiger partial charge on any atom is -0.336 e. The molecule has 0 radical (unpaired) electrons. The van der Waals surface area contributed by atoms with E-state index in [1.165, 1.54) is 23.5 Å². The van der Waals surface area contributed by atoms with Crippen molar-refractivity contribution in [2.24, 2.45) is 0 Å². The van der Waals surface area contributed by atoms with Gasteiger partial charge in [0.1, 0.15) is 5.01 Å². The lowest BCUT2D eigenvalue weighted by atomic mass is 10.1. The highest BCUT2D eigenvalue weighted by Gasteiger charge is 2.27. The Morgan fingerprint density at radius 1 is 1.12 bits per heavy atom. The number of thiazole rings is 1. The molecule has 5 heteroatoms. The van der Waals surface area contributed by atoms with Crippen LogP contribution >= 0.6 is 11.3 Å². The number of aryl methyl sites for hydroxylation is 2. The second-order valence-electron chi connectivity index (χ2n) is 7.39. The third kappa shape index (κ3) is 3.93. The van der Waals surface area contributed by atoms with Gasteiger partial charge >= 0.3 is 0 Å².